The predicted molar refractivity (Wildman–Crippen MR) is 140 cm³/mol. The minimum absolute atomic E-state index is 0.139. The topological polar surface area (TPSA) is 72.9 Å². The molecule has 0 amide bonds. The Morgan fingerprint density at radius 1 is 1.18 bits per heavy atom. The lowest BCUT2D eigenvalue weighted by Crippen LogP contribution is -2.35. The summed E-state index contributed by atoms with van der Waals surface area (Å²) in [5.41, 5.74) is 1.30. The van der Waals surface area contributed by atoms with Crippen LogP contribution in [0.3, 0.4) is 0 Å². The van der Waals surface area contributed by atoms with Crippen molar-refractivity contribution in [1.29, 1.82) is 0 Å². The van der Waals surface area contributed by atoms with Gasteiger partial charge in [0.25, 0.3) is 10.0 Å². The first-order chi connectivity index (χ1) is 15.6. The van der Waals surface area contributed by atoms with Gasteiger partial charge < -0.3 is 9.47 Å². The van der Waals surface area contributed by atoms with Gasteiger partial charge in [-0.1, -0.05) is 31.8 Å². The fourth-order valence-electron chi connectivity index (χ4n) is 3.68. The van der Waals surface area contributed by atoms with E-state index >= 15 is 0 Å². The molecule has 3 rings (SSSR count). The molecule has 0 atom stereocenters. The number of hydrogen-bond donors (Lipinski definition) is 0. The number of rotatable bonds is 10. The van der Waals surface area contributed by atoms with E-state index in [1.165, 1.54) is 15.6 Å². The number of carbonyl (C=O) groups excluding carboxylic acids is 1. The smallest absolute Gasteiger partial charge is 0.341 e. The first-order valence-corrected chi connectivity index (χ1v) is 18.0. The van der Waals surface area contributed by atoms with Gasteiger partial charge in [-0.15, -0.1) is 11.3 Å². The summed E-state index contributed by atoms with van der Waals surface area (Å²) in [6, 6.07) is 7.63. The number of benzene rings is 1. The normalized spacial score (nSPS) is 14.1. The fraction of sp³-hybridized carbons (Fsp3) is 0.522. The van der Waals surface area contributed by atoms with Crippen LogP contribution in [0.5, 0.6) is 0 Å². The Morgan fingerprint density at radius 2 is 1.88 bits per heavy atom. The Bertz CT molecular complexity index is 1090. The highest BCUT2D eigenvalue weighted by atomic mass is 79.9. The maximum absolute atomic E-state index is 13.9. The molecule has 1 heterocycles. The average molecular weight is 575 g/mol. The molecule has 6 nitrogen and oxygen atoms in total. The number of carbonyl (C=O) groups is 1. The summed E-state index contributed by atoms with van der Waals surface area (Å²) in [6.07, 6.45) is 3.59. The first-order valence-electron chi connectivity index (χ1n) is 11.2. The van der Waals surface area contributed by atoms with E-state index in [2.05, 4.69) is 35.6 Å². The molecule has 0 spiro atoms. The molecular weight excluding hydrogens is 542 g/mol. The molecule has 0 saturated heterocycles. The number of fused-ring (bicyclic) bond motifs is 1. The van der Waals surface area contributed by atoms with Gasteiger partial charge in [-0.3, -0.25) is 0 Å². The molecule has 0 saturated carbocycles. The second-order valence-corrected chi connectivity index (χ2v) is 18.6. The molecule has 0 fully saturated rings. The highest BCUT2D eigenvalue weighted by Gasteiger charge is 2.35. The Morgan fingerprint density at radius 3 is 2.55 bits per heavy atom. The van der Waals surface area contributed by atoms with E-state index in [0.717, 1.165) is 42.2 Å². The van der Waals surface area contributed by atoms with Gasteiger partial charge in [-0.2, -0.15) is 0 Å². The molecule has 2 aromatic rings. The predicted octanol–water partition coefficient (Wildman–Crippen LogP) is 6.07. The van der Waals surface area contributed by atoms with Crippen molar-refractivity contribution in [2.75, 3.05) is 24.2 Å². The molecule has 182 valence electrons. The van der Waals surface area contributed by atoms with Gasteiger partial charge in [0.2, 0.25) is 0 Å². The van der Waals surface area contributed by atoms with Gasteiger partial charge in [0, 0.05) is 24.0 Å². The van der Waals surface area contributed by atoms with E-state index in [1.54, 1.807) is 31.2 Å². The number of anilines is 1. The van der Waals surface area contributed by atoms with E-state index in [4.69, 9.17) is 9.47 Å². The Balaban J connectivity index is 2.09. The number of thiophene rings is 1. The van der Waals surface area contributed by atoms with Crippen molar-refractivity contribution in [1.82, 2.24) is 0 Å². The largest absolute Gasteiger partial charge is 0.462 e. The summed E-state index contributed by atoms with van der Waals surface area (Å²) in [6.45, 7) is 9.05. The summed E-state index contributed by atoms with van der Waals surface area (Å²) < 4.78 is 40.7. The number of halogens is 1. The second-order valence-electron chi connectivity index (χ2n) is 9.24. The van der Waals surface area contributed by atoms with Crippen molar-refractivity contribution < 1.29 is 22.7 Å². The SMILES string of the molecule is CCOC(=O)c1c(N(COCC[Si](C)(C)C)S(=O)(=O)c2ccccc2Br)sc2c1CCCC2. The molecule has 1 aromatic heterocycles. The molecule has 0 N–H and O–H groups in total. The third-order valence-corrected chi connectivity index (χ3v) is 11.3. The van der Waals surface area contributed by atoms with Gasteiger partial charge in [0.05, 0.1) is 12.2 Å². The van der Waals surface area contributed by atoms with E-state index in [-0.39, 0.29) is 18.2 Å². The second kappa shape index (κ2) is 11.0. The van der Waals surface area contributed by atoms with Gasteiger partial charge in [0.15, 0.2) is 0 Å². The molecule has 1 aromatic carbocycles. The van der Waals surface area contributed by atoms with Crippen LogP contribution in [0.4, 0.5) is 5.00 Å². The van der Waals surface area contributed by atoms with Crippen LogP contribution in [0.2, 0.25) is 25.7 Å². The standard InChI is InChI=1S/C23H32BrNO5S2Si/c1-5-30-23(26)21-17-10-6-8-12-19(17)31-22(21)25(16-29-14-15-33(2,3)4)32(27,28)20-13-9-7-11-18(20)24/h7,9,11,13H,5-6,8,10,12,14-16H2,1-4H3. The summed E-state index contributed by atoms with van der Waals surface area (Å²) in [4.78, 5) is 14.2. The number of sulfonamides is 1. The number of hydrogen-bond acceptors (Lipinski definition) is 6. The zero-order valence-corrected chi connectivity index (χ0v) is 23.9. The lowest BCUT2D eigenvalue weighted by Gasteiger charge is -2.25. The molecule has 0 unspecified atom stereocenters. The van der Waals surface area contributed by atoms with Crippen LogP contribution < -0.4 is 4.31 Å². The monoisotopic (exact) mass is 573 g/mol. The Labute approximate surface area is 210 Å². The van der Waals surface area contributed by atoms with Crippen LogP contribution >= 0.6 is 27.3 Å². The molecular formula is C23H32BrNO5S2Si. The number of esters is 1. The molecule has 1 aliphatic rings. The Hall–Kier alpha value is -1.20. The molecule has 0 bridgehead atoms. The first kappa shape index (κ1) is 26.4. The maximum atomic E-state index is 13.9. The zero-order chi connectivity index (χ0) is 24.2. The van der Waals surface area contributed by atoms with Crippen LogP contribution in [0, 0.1) is 0 Å². The summed E-state index contributed by atoms with van der Waals surface area (Å²) in [5.74, 6) is -0.471. The van der Waals surface area contributed by atoms with Gasteiger partial charge >= 0.3 is 5.97 Å². The lowest BCUT2D eigenvalue weighted by molar-refractivity contribution is 0.0526. The summed E-state index contributed by atoms with van der Waals surface area (Å²) in [5, 5.41) is 0.393. The number of aryl methyl sites for hydroxylation is 1. The molecule has 33 heavy (non-hydrogen) atoms. The minimum atomic E-state index is -4.00. The van der Waals surface area contributed by atoms with Crippen LogP contribution in [-0.4, -0.2) is 42.4 Å². The number of nitrogens with zero attached hydrogens (tertiary/aromatic N) is 1. The highest BCUT2D eigenvalue weighted by molar-refractivity contribution is 9.10. The van der Waals surface area contributed by atoms with Crippen molar-refractivity contribution in [3.63, 3.8) is 0 Å². The minimum Gasteiger partial charge on any atom is -0.462 e. The molecule has 0 aliphatic heterocycles. The Kier molecular flexibility index (Phi) is 8.82. The van der Waals surface area contributed by atoms with Crippen molar-refractivity contribution >= 4 is 56.3 Å². The molecule has 1 aliphatic carbocycles. The van der Waals surface area contributed by atoms with Gasteiger partial charge in [0.1, 0.15) is 16.6 Å². The van der Waals surface area contributed by atoms with Crippen molar-refractivity contribution in [2.45, 2.75) is 63.2 Å². The van der Waals surface area contributed by atoms with Crippen molar-refractivity contribution in [3.8, 4) is 0 Å². The van der Waals surface area contributed by atoms with Crippen LogP contribution in [0.1, 0.15) is 40.6 Å². The van der Waals surface area contributed by atoms with E-state index in [0.29, 0.717) is 21.6 Å². The van der Waals surface area contributed by atoms with Gasteiger partial charge in [-0.25, -0.2) is 17.5 Å². The fourth-order valence-corrected chi connectivity index (χ4v) is 8.33. The van der Waals surface area contributed by atoms with E-state index in [1.807, 2.05) is 0 Å². The highest BCUT2D eigenvalue weighted by Crippen LogP contribution is 2.43. The third-order valence-electron chi connectivity index (χ3n) is 5.47. The van der Waals surface area contributed by atoms with Crippen LogP contribution in [0.15, 0.2) is 33.6 Å². The van der Waals surface area contributed by atoms with Gasteiger partial charge in [-0.05, 0) is 72.3 Å². The summed E-state index contributed by atoms with van der Waals surface area (Å²) >= 11 is 4.76. The zero-order valence-electron chi connectivity index (χ0n) is 19.6. The third kappa shape index (κ3) is 6.27. The number of ether oxygens (including phenoxy) is 2. The quantitative estimate of drug-likeness (QED) is 0.149. The van der Waals surface area contributed by atoms with E-state index < -0.39 is 24.1 Å². The van der Waals surface area contributed by atoms with Crippen molar-refractivity contribution in [2.24, 2.45) is 0 Å². The summed E-state index contributed by atoms with van der Waals surface area (Å²) in [7, 11) is -5.34. The maximum Gasteiger partial charge on any atom is 0.341 e. The van der Waals surface area contributed by atoms with E-state index in [9.17, 15) is 13.2 Å². The van der Waals surface area contributed by atoms with Crippen molar-refractivity contribution in [3.05, 3.63) is 44.7 Å². The van der Waals surface area contributed by atoms with Crippen LogP contribution in [-0.2, 0) is 32.3 Å². The average Bonchev–Trinajstić information content (AvgIpc) is 3.12. The lowest BCUT2D eigenvalue weighted by atomic mass is 9.95. The van der Waals surface area contributed by atoms with Crippen LogP contribution in [0.25, 0.3) is 0 Å². The molecule has 0 radical (unpaired) electrons. The molecule has 10 heteroatoms.